The average molecular weight is 304 g/mol. The first-order valence-corrected chi connectivity index (χ1v) is 7.81. The summed E-state index contributed by atoms with van der Waals surface area (Å²) >= 11 is 0. The predicted molar refractivity (Wildman–Crippen MR) is 82.9 cm³/mol. The minimum atomic E-state index is -0.200. The molecule has 2 aliphatic heterocycles. The smallest absolute Gasteiger partial charge is 0.317 e. The van der Waals surface area contributed by atoms with Crippen molar-refractivity contribution in [2.75, 3.05) is 26.3 Å². The molecule has 1 aromatic carbocycles. The molecule has 2 heterocycles. The van der Waals surface area contributed by atoms with Crippen LogP contribution in [0.1, 0.15) is 24.8 Å². The zero-order valence-corrected chi connectivity index (χ0v) is 12.6. The minimum absolute atomic E-state index is 0.0317. The van der Waals surface area contributed by atoms with Gasteiger partial charge in [-0.15, -0.1) is 0 Å². The van der Waals surface area contributed by atoms with Gasteiger partial charge < -0.3 is 15.0 Å². The van der Waals surface area contributed by atoms with E-state index < -0.39 is 0 Å². The van der Waals surface area contributed by atoms with E-state index in [9.17, 15) is 9.18 Å². The number of carbonyl (C=O) groups is 1. The number of carbonyl (C=O) groups excluding carboxylic acids is 1. The quantitative estimate of drug-likeness (QED) is 0.913. The maximum atomic E-state index is 13.8. The topological polar surface area (TPSA) is 41.6 Å². The van der Waals surface area contributed by atoms with E-state index in [0.29, 0.717) is 38.3 Å². The summed E-state index contributed by atoms with van der Waals surface area (Å²) in [6.07, 6.45) is 4.37. The number of hydrogen-bond donors (Lipinski definition) is 1. The van der Waals surface area contributed by atoms with Gasteiger partial charge in [-0.3, -0.25) is 0 Å². The van der Waals surface area contributed by atoms with Gasteiger partial charge in [0.25, 0.3) is 0 Å². The van der Waals surface area contributed by atoms with Gasteiger partial charge in [0.05, 0.1) is 0 Å². The lowest BCUT2D eigenvalue weighted by Gasteiger charge is -2.30. The van der Waals surface area contributed by atoms with Crippen molar-refractivity contribution in [1.29, 1.82) is 0 Å². The molecule has 0 spiro atoms. The van der Waals surface area contributed by atoms with Gasteiger partial charge in [0.2, 0.25) is 0 Å². The molecule has 0 aliphatic carbocycles. The Labute approximate surface area is 129 Å². The molecule has 0 unspecified atom stereocenters. The first-order chi connectivity index (χ1) is 10.7. The number of nitrogens with one attached hydrogen (secondary N) is 1. The minimum Gasteiger partial charge on any atom is -0.381 e. The molecule has 0 saturated carbocycles. The third-order valence-corrected chi connectivity index (χ3v) is 4.27. The van der Waals surface area contributed by atoms with Crippen LogP contribution in [0.15, 0.2) is 30.3 Å². The van der Waals surface area contributed by atoms with Crippen LogP contribution in [0.3, 0.4) is 0 Å². The predicted octanol–water partition coefficient (Wildman–Crippen LogP) is 2.80. The fraction of sp³-hybridized carbons (Fsp3) is 0.471. The second-order valence-electron chi connectivity index (χ2n) is 5.74. The fourth-order valence-electron chi connectivity index (χ4n) is 2.93. The standard InChI is InChI=1S/C17H21FN2O2/c18-16-4-2-1-3-15(16)13-5-9-20(10-6-13)17(21)19-14-7-11-22-12-8-14/h1-5,14H,6-12H2,(H,19,21). The third-order valence-electron chi connectivity index (χ3n) is 4.27. The lowest BCUT2D eigenvalue weighted by molar-refractivity contribution is 0.0783. The Morgan fingerprint density at radius 2 is 2.05 bits per heavy atom. The second-order valence-corrected chi connectivity index (χ2v) is 5.74. The maximum absolute atomic E-state index is 13.8. The van der Waals surface area contributed by atoms with Crippen molar-refractivity contribution >= 4 is 11.6 Å². The van der Waals surface area contributed by atoms with Crippen molar-refractivity contribution in [3.05, 3.63) is 41.7 Å². The van der Waals surface area contributed by atoms with Crippen LogP contribution in [-0.4, -0.2) is 43.3 Å². The second kappa shape index (κ2) is 6.92. The number of urea groups is 1. The van der Waals surface area contributed by atoms with Gasteiger partial charge in [-0.2, -0.15) is 0 Å². The number of rotatable bonds is 2. The summed E-state index contributed by atoms with van der Waals surface area (Å²) in [6.45, 7) is 2.57. The molecule has 1 fully saturated rings. The van der Waals surface area contributed by atoms with Crippen LogP contribution in [0.4, 0.5) is 9.18 Å². The Morgan fingerprint density at radius 3 is 2.73 bits per heavy atom. The Balaban J connectivity index is 1.58. The number of halogens is 1. The first-order valence-electron chi connectivity index (χ1n) is 7.81. The Kier molecular flexibility index (Phi) is 4.73. The normalized spacial score (nSPS) is 19.7. The molecule has 1 N–H and O–H groups in total. The van der Waals surface area contributed by atoms with Crippen molar-refractivity contribution in [2.45, 2.75) is 25.3 Å². The van der Waals surface area contributed by atoms with Gasteiger partial charge in [-0.25, -0.2) is 9.18 Å². The molecule has 22 heavy (non-hydrogen) atoms. The molecule has 0 aromatic heterocycles. The van der Waals surface area contributed by atoms with Gasteiger partial charge in [0.15, 0.2) is 0 Å². The van der Waals surface area contributed by atoms with Crippen molar-refractivity contribution < 1.29 is 13.9 Å². The van der Waals surface area contributed by atoms with Gasteiger partial charge in [0.1, 0.15) is 5.82 Å². The summed E-state index contributed by atoms with van der Waals surface area (Å²) in [5.41, 5.74) is 1.63. The summed E-state index contributed by atoms with van der Waals surface area (Å²) < 4.78 is 19.1. The molecule has 4 nitrogen and oxygen atoms in total. The van der Waals surface area contributed by atoms with Crippen LogP contribution in [-0.2, 0) is 4.74 Å². The first kappa shape index (κ1) is 15.0. The highest BCUT2D eigenvalue weighted by molar-refractivity contribution is 5.77. The molecule has 2 amide bonds. The highest BCUT2D eigenvalue weighted by atomic mass is 19.1. The molecule has 2 aliphatic rings. The van der Waals surface area contributed by atoms with Crippen LogP contribution in [0.5, 0.6) is 0 Å². The number of benzene rings is 1. The van der Waals surface area contributed by atoms with Crippen LogP contribution in [0.25, 0.3) is 5.57 Å². The highest BCUT2D eigenvalue weighted by Crippen LogP contribution is 2.24. The van der Waals surface area contributed by atoms with Crippen LogP contribution >= 0.6 is 0 Å². The van der Waals surface area contributed by atoms with Gasteiger partial charge >= 0.3 is 6.03 Å². The molecule has 0 atom stereocenters. The molecule has 0 bridgehead atoms. The number of hydrogen-bond acceptors (Lipinski definition) is 2. The van der Waals surface area contributed by atoms with Crippen molar-refractivity contribution in [3.8, 4) is 0 Å². The largest absolute Gasteiger partial charge is 0.381 e. The van der Waals surface area contributed by atoms with E-state index in [-0.39, 0.29) is 17.9 Å². The third kappa shape index (κ3) is 3.47. The van der Waals surface area contributed by atoms with E-state index in [2.05, 4.69) is 5.32 Å². The molecule has 1 saturated heterocycles. The summed E-state index contributed by atoms with van der Waals surface area (Å²) in [5.74, 6) is -0.200. The van der Waals surface area contributed by atoms with Gasteiger partial charge in [-0.1, -0.05) is 24.3 Å². The van der Waals surface area contributed by atoms with Crippen molar-refractivity contribution in [1.82, 2.24) is 10.2 Å². The Hall–Kier alpha value is -1.88. The lowest BCUT2D eigenvalue weighted by atomic mass is 9.99. The fourth-order valence-corrected chi connectivity index (χ4v) is 2.93. The average Bonchev–Trinajstić information content (AvgIpc) is 2.56. The Morgan fingerprint density at radius 1 is 1.27 bits per heavy atom. The van der Waals surface area contributed by atoms with E-state index >= 15 is 0 Å². The van der Waals surface area contributed by atoms with Gasteiger partial charge in [0, 0.05) is 37.9 Å². The SMILES string of the molecule is O=C(NC1CCOCC1)N1CC=C(c2ccccc2F)CC1. The molecule has 0 radical (unpaired) electrons. The van der Waals surface area contributed by atoms with E-state index in [1.165, 1.54) is 6.07 Å². The summed E-state index contributed by atoms with van der Waals surface area (Å²) in [5, 5.41) is 3.06. The van der Waals surface area contributed by atoms with E-state index in [4.69, 9.17) is 4.74 Å². The molecule has 1 aromatic rings. The van der Waals surface area contributed by atoms with Gasteiger partial charge in [-0.05, 0) is 30.9 Å². The number of ether oxygens (including phenoxy) is 1. The van der Waals surface area contributed by atoms with Crippen molar-refractivity contribution in [3.63, 3.8) is 0 Å². The van der Waals surface area contributed by atoms with E-state index in [1.807, 2.05) is 12.1 Å². The zero-order chi connectivity index (χ0) is 15.4. The Bertz CT molecular complexity index is 568. The van der Waals surface area contributed by atoms with Crippen molar-refractivity contribution in [2.24, 2.45) is 0 Å². The molecule has 5 heteroatoms. The van der Waals surface area contributed by atoms with E-state index in [0.717, 1.165) is 18.4 Å². The monoisotopic (exact) mass is 304 g/mol. The molecule has 118 valence electrons. The highest BCUT2D eigenvalue weighted by Gasteiger charge is 2.22. The molecular weight excluding hydrogens is 283 g/mol. The van der Waals surface area contributed by atoms with Crippen LogP contribution in [0, 0.1) is 5.82 Å². The number of amides is 2. The van der Waals surface area contributed by atoms with Crippen LogP contribution in [0.2, 0.25) is 0 Å². The maximum Gasteiger partial charge on any atom is 0.317 e. The number of nitrogens with zero attached hydrogens (tertiary/aromatic N) is 1. The summed E-state index contributed by atoms with van der Waals surface area (Å²) in [4.78, 5) is 14.0. The van der Waals surface area contributed by atoms with E-state index in [1.54, 1.807) is 17.0 Å². The van der Waals surface area contributed by atoms with Crippen LogP contribution < -0.4 is 5.32 Å². The lowest BCUT2D eigenvalue weighted by Crippen LogP contribution is -2.47. The molecular formula is C17H21FN2O2. The summed E-state index contributed by atoms with van der Waals surface area (Å²) in [6, 6.07) is 6.97. The molecule has 3 rings (SSSR count). The zero-order valence-electron chi connectivity index (χ0n) is 12.6. The summed E-state index contributed by atoms with van der Waals surface area (Å²) in [7, 11) is 0.